The summed E-state index contributed by atoms with van der Waals surface area (Å²) in [5.74, 6) is -0.407. The van der Waals surface area contributed by atoms with Crippen LogP contribution >= 0.6 is 0 Å². The molecule has 1 aromatic heterocycles. The highest BCUT2D eigenvalue weighted by Gasteiger charge is 2.21. The van der Waals surface area contributed by atoms with E-state index in [1.807, 2.05) is 6.92 Å². The number of hydrogen-bond acceptors (Lipinski definition) is 4. The molecule has 6 heteroatoms. The summed E-state index contributed by atoms with van der Waals surface area (Å²) in [5.41, 5.74) is 6.87. The number of likely N-dealkylation sites (N-methyl/N-ethyl adjacent to an activating group) is 1. The highest BCUT2D eigenvalue weighted by atomic mass is 16.3. The molecule has 21 heavy (non-hydrogen) atoms. The van der Waals surface area contributed by atoms with E-state index in [0.29, 0.717) is 17.8 Å². The van der Waals surface area contributed by atoms with Gasteiger partial charge in [-0.2, -0.15) is 0 Å². The normalized spacial score (nSPS) is 12.1. The minimum Gasteiger partial charge on any atom is -0.451 e. The Morgan fingerprint density at radius 2 is 2.10 bits per heavy atom. The molecular weight excluding hydrogens is 270 g/mol. The first-order valence-electron chi connectivity index (χ1n) is 6.77. The number of amides is 2. The summed E-state index contributed by atoms with van der Waals surface area (Å²) in [7, 11) is 1.69. The van der Waals surface area contributed by atoms with Crippen LogP contribution in [0.25, 0.3) is 11.0 Å². The molecule has 0 radical (unpaired) electrons. The average Bonchev–Trinajstić information content (AvgIpc) is 2.88. The van der Waals surface area contributed by atoms with Crippen LogP contribution in [0, 0.1) is 0 Å². The van der Waals surface area contributed by atoms with Crippen molar-refractivity contribution in [3.05, 3.63) is 30.0 Å². The molecule has 2 aromatic rings. The largest absolute Gasteiger partial charge is 0.451 e. The number of carbonyl (C=O) groups excluding carboxylic acids is 2. The lowest BCUT2D eigenvalue weighted by atomic mass is 10.2. The van der Waals surface area contributed by atoms with Gasteiger partial charge in [0.15, 0.2) is 5.76 Å². The van der Waals surface area contributed by atoms with Gasteiger partial charge in [0.25, 0.3) is 5.91 Å². The third kappa shape index (κ3) is 3.16. The maximum absolute atomic E-state index is 12.1. The summed E-state index contributed by atoms with van der Waals surface area (Å²) in [6.45, 7) is 4.10. The Labute approximate surface area is 122 Å². The van der Waals surface area contributed by atoms with Crippen molar-refractivity contribution >= 4 is 28.5 Å². The molecule has 1 heterocycles. The second kappa shape index (κ2) is 5.87. The summed E-state index contributed by atoms with van der Waals surface area (Å²) in [5, 5.41) is 3.39. The van der Waals surface area contributed by atoms with Crippen molar-refractivity contribution < 1.29 is 14.0 Å². The van der Waals surface area contributed by atoms with Crippen LogP contribution in [-0.4, -0.2) is 36.3 Å². The summed E-state index contributed by atoms with van der Waals surface area (Å²) < 4.78 is 5.46. The van der Waals surface area contributed by atoms with Gasteiger partial charge in [-0.05, 0) is 38.1 Å². The lowest BCUT2D eigenvalue weighted by Crippen LogP contribution is -2.45. The minimum atomic E-state index is -0.610. The fourth-order valence-electron chi connectivity index (χ4n) is 1.99. The Morgan fingerprint density at radius 3 is 2.76 bits per heavy atom. The van der Waals surface area contributed by atoms with E-state index in [4.69, 9.17) is 10.2 Å². The Morgan fingerprint density at radius 1 is 1.38 bits per heavy atom. The number of nitrogens with one attached hydrogen (secondary N) is 1. The molecule has 1 aromatic carbocycles. The van der Waals surface area contributed by atoms with Gasteiger partial charge in [-0.1, -0.05) is 0 Å². The number of hydrogen-bond donors (Lipinski definition) is 2. The second-order valence-electron chi connectivity index (χ2n) is 4.96. The smallest absolute Gasteiger partial charge is 0.287 e. The number of nitrogen functional groups attached to an aromatic ring is 1. The molecule has 2 rings (SSSR count). The van der Waals surface area contributed by atoms with Crippen molar-refractivity contribution in [1.29, 1.82) is 0 Å². The van der Waals surface area contributed by atoms with Crippen LogP contribution in [0.2, 0.25) is 0 Å². The van der Waals surface area contributed by atoms with E-state index in [-0.39, 0.29) is 11.7 Å². The van der Waals surface area contributed by atoms with E-state index >= 15 is 0 Å². The van der Waals surface area contributed by atoms with Crippen molar-refractivity contribution in [3.8, 4) is 0 Å². The monoisotopic (exact) mass is 289 g/mol. The van der Waals surface area contributed by atoms with E-state index in [9.17, 15) is 9.59 Å². The van der Waals surface area contributed by atoms with E-state index in [1.165, 1.54) is 0 Å². The number of rotatable bonds is 4. The van der Waals surface area contributed by atoms with Gasteiger partial charge in [0.05, 0.1) is 0 Å². The number of furan rings is 1. The summed E-state index contributed by atoms with van der Waals surface area (Å²) in [6.07, 6.45) is 0. The van der Waals surface area contributed by atoms with Crippen LogP contribution < -0.4 is 11.1 Å². The van der Waals surface area contributed by atoms with Gasteiger partial charge in [-0.3, -0.25) is 9.59 Å². The third-order valence-electron chi connectivity index (χ3n) is 3.33. The molecule has 0 spiro atoms. The fourth-order valence-corrected chi connectivity index (χ4v) is 1.99. The molecule has 1 unspecified atom stereocenters. The molecule has 0 saturated carbocycles. The molecule has 0 saturated heterocycles. The standard InChI is InChI=1S/C15H19N3O3/c1-4-18(3)15(20)9(2)17-14(19)13-8-10-7-11(16)5-6-12(10)21-13/h5-9H,4,16H2,1-3H3,(H,17,19). The van der Waals surface area contributed by atoms with Crippen molar-refractivity contribution in [2.45, 2.75) is 19.9 Å². The van der Waals surface area contributed by atoms with Crippen LogP contribution in [0.3, 0.4) is 0 Å². The molecule has 1 atom stereocenters. The van der Waals surface area contributed by atoms with Crippen molar-refractivity contribution in [2.75, 3.05) is 19.3 Å². The highest BCUT2D eigenvalue weighted by molar-refractivity contribution is 5.98. The van der Waals surface area contributed by atoms with Crippen LogP contribution in [0.5, 0.6) is 0 Å². The zero-order chi connectivity index (χ0) is 15.6. The third-order valence-corrected chi connectivity index (χ3v) is 3.33. The molecule has 112 valence electrons. The zero-order valence-corrected chi connectivity index (χ0v) is 12.3. The van der Waals surface area contributed by atoms with Gasteiger partial charge in [0.1, 0.15) is 11.6 Å². The fraction of sp³-hybridized carbons (Fsp3) is 0.333. The first-order valence-corrected chi connectivity index (χ1v) is 6.77. The van der Waals surface area contributed by atoms with Gasteiger partial charge >= 0.3 is 0 Å². The molecule has 6 nitrogen and oxygen atoms in total. The maximum Gasteiger partial charge on any atom is 0.287 e. The van der Waals surface area contributed by atoms with Crippen molar-refractivity contribution in [2.24, 2.45) is 0 Å². The molecule has 0 aliphatic heterocycles. The van der Waals surface area contributed by atoms with Gasteiger partial charge in [0, 0.05) is 24.7 Å². The SMILES string of the molecule is CCN(C)C(=O)C(C)NC(=O)c1cc2cc(N)ccc2o1. The quantitative estimate of drug-likeness (QED) is 0.837. The van der Waals surface area contributed by atoms with Crippen LogP contribution in [0.1, 0.15) is 24.4 Å². The molecular formula is C15H19N3O3. The van der Waals surface area contributed by atoms with Gasteiger partial charge < -0.3 is 20.4 Å². The molecule has 0 bridgehead atoms. The van der Waals surface area contributed by atoms with Crippen LogP contribution in [-0.2, 0) is 4.79 Å². The molecule has 2 amide bonds. The molecule has 0 aliphatic rings. The summed E-state index contributed by atoms with van der Waals surface area (Å²) >= 11 is 0. The van der Waals surface area contributed by atoms with E-state index in [1.54, 1.807) is 43.1 Å². The Kier molecular flexibility index (Phi) is 4.16. The molecule has 0 fully saturated rings. The number of nitrogens with two attached hydrogens (primary N) is 1. The summed E-state index contributed by atoms with van der Waals surface area (Å²) in [4.78, 5) is 25.6. The van der Waals surface area contributed by atoms with Crippen molar-refractivity contribution in [3.63, 3.8) is 0 Å². The topological polar surface area (TPSA) is 88.6 Å². The van der Waals surface area contributed by atoms with Crippen LogP contribution in [0.15, 0.2) is 28.7 Å². The van der Waals surface area contributed by atoms with E-state index in [2.05, 4.69) is 5.32 Å². The van der Waals surface area contributed by atoms with E-state index in [0.717, 1.165) is 5.39 Å². The Bertz CT molecular complexity index is 678. The Balaban J connectivity index is 2.13. The number of anilines is 1. The van der Waals surface area contributed by atoms with Gasteiger partial charge in [-0.15, -0.1) is 0 Å². The number of nitrogens with zero attached hydrogens (tertiary/aromatic N) is 1. The summed E-state index contributed by atoms with van der Waals surface area (Å²) in [6, 6.07) is 6.15. The second-order valence-corrected chi connectivity index (χ2v) is 4.96. The lowest BCUT2D eigenvalue weighted by Gasteiger charge is -2.20. The zero-order valence-electron chi connectivity index (χ0n) is 12.3. The first kappa shape index (κ1) is 14.9. The average molecular weight is 289 g/mol. The predicted octanol–water partition coefficient (Wildman–Crippen LogP) is 1.61. The maximum atomic E-state index is 12.1. The van der Waals surface area contributed by atoms with Crippen molar-refractivity contribution in [1.82, 2.24) is 10.2 Å². The lowest BCUT2D eigenvalue weighted by molar-refractivity contribution is -0.131. The van der Waals surface area contributed by atoms with Crippen LogP contribution in [0.4, 0.5) is 5.69 Å². The van der Waals surface area contributed by atoms with Gasteiger partial charge in [0.2, 0.25) is 5.91 Å². The predicted molar refractivity (Wildman–Crippen MR) is 80.9 cm³/mol. The molecule has 0 aliphatic carbocycles. The highest BCUT2D eigenvalue weighted by Crippen LogP contribution is 2.21. The number of benzene rings is 1. The minimum absolute atomic E-state index is 0.147. The van der Waals surface area contributed by atoms with E-state index < -0.39 is 11.9 Å². The number of carbonyl (C=O) groups is 2. The molecule has 3 N–H and O–H groups in total. The first-order chi connectivity index (χ1) is 9.92. The Hall–Kier alpha value is -2.50. The van der Waals surface area contributed by atoms with Gasteiger partial charge in [-0.25, -0.2) is 0 Å². The number of fused-ring (bicyclic) bond motifs is 1.